The van der Waals surface area contributed by atoms with Crippen LogP contribution in [-0.2, 0) is 5.41 Å². The van der Waals surface area contributed by atoms with Crippen LogP contribution in [0.15, 0.2) is 91.0 Å². The third-order valence-corrected chi connectivity index (χ3v) is 10.3. The molecule has 0 radical (unpaired) electrons. The predicted molar refractivity (Wildman–Crippen MR) is 146 cm³/mol. The molecule has 0 unspecified atom stereocenters. The van der Waals surface area contributed by atoms with Crippen molar-refractivity contribution in [1.82, 2.24) is 0 Å². The first-order chi connectivity index (χ1) is 17.2. The molecule has 0 amide bonds. The highest BCUT2D eigenvalue weighted by Crippen LogP contribution is 2.69. The van der Waals surface area contributed by atoms with Gasteiger partial charge in [-0.15, -0.1) is 0 Å². The fourth-order valence-corrected chi connectivity index (χ4v) is 9.18. The lowest BCUT2D eigenvalue weighted by Crippen LogP contribution is -2.55. The summed E-state index contributed by atoms with van der Waals surface area (Å²) in [5, 5.41) is 0.821. The van der Waals surface area contributed by atoms with Gasteiger partial charge in [0.1, 0.15) is 0 Å². The fourth-order valence-electron chi connectivity index (χ4n) is 8.89. The van der Waals surface area contributed by atoms with Gasteiger partial charge < -0.3 is 0 Å². The lowest BCUT2D eigenvalue weighted by Gasteiger charge is -2.61. The molecule has 0 aliphatic heterocycles. The number of benzene rings is 4. The molecule has 4 aromatic carbocycles. The van der Waals surface area contributed by atoms with E-state index in [-0.39, 0.29) is 5.41 Å². The monoisotopic (exact) mass is 472 g/mol. The molecule has 35 heavy (non-hydrogen) atoms. The Morgan fingerprint density at radius 3 is 1.91 bits per heavy atom. The van der Waals surface area contributed by atoms with E-state index in [1.54, 1.807) is 11.1 Å². The van der Waals surface area contributed by atoms with Crippen LogP contribution in [0.4, 0.5) is 0 Å². The molecule has 4 bridgehead atoms. The van der Waals surface area contributed by atoms with Gasteiger partial charge in [0.2, 0.25) is 0 Å². The van der Waals surface area contributed by atoms with E-state index in [4.69, 9.17) is 11.6 Å². The van der Waals surface area contributed by atoms with Crippen LogP contribution in [-0.4, -0.2) is 0 Å². The Morgan fingerprint density at radius 2 is 1.17 bits per heavy atom. The van der Waals surface area contributed by atoms with Crippen molar-refractivity contribution in [2.75, 3.05) is 0 Å². The molecule has 9 rings (SSSR count). The summed E-state index contributed by atoms with van der Waals surface area (Å²) >= 11 is 6.91. The van der Waals surface area contributed by atoms with Crippen molar-refractivity contribution in [3.05, 3.63) is 107 Å². The molecule has 1 heteroatoms. The lowest BCUT2D eigenvalue weighted by atomic mass is 9.43. The van der Waals surface area contributed by atoms with Gasteiger partial charge in [-0.1, -0.05) is 90.5 Å². The van der Waals surface area contributed by atoms with Crippen LogP contribution in [0.3, 0.4) is 0 Å². The molecule has 0 heterocycles. The van der Waals surface area contributed by atoms with Crippen LogP contribution >= 0.6 is 11.6 Å². The standard InChI is InChI=1S/C34H29Cl/c35-33-20-24(23-6-2-1-3-7-23)10-12-28(33)25-11-13-32-30(19-25)29-8-4-5-9-31(29)34(32)26-15-21-14-22(17-26)18-27(34)16-21/h1-13,19-22,26-27H,14-18H2. The SMILES string of the molecule is Clc1cc(-c2ccccc2)ccc1-c1ccc2c(c1)-c1ccccc1C21C2CC3CC(C2)CC1C3. The van der Waals surface area contributed by atoms with E-state index in [2.05, 4.69) is 91.0 Å². The summed E-state index contributed by atoms with van der Waals surface area (Å²) in [7, 11) is 0. The molecule has 4 saturated carbocycles. The summed E-state index contributed by atoms with van der Waals surface area (Å²) in [5.41, 5.74) is 11.1. The van der Waals surface area contributed by atoms with Gasteiger partial charge >= 0.3 is 0 Å². The van der Waals surface area contributed by atoms with Crippen molar-refractivity contribution in [3.8, 4) is 33.4 Å². The van der Waals surface area contributed by atoms with Crippen LogP contribution in [0.25, 0.3) is 33.4 Å². The van der Waals surface area contributed by atoms with E-state index in [0.717, 1.165) is 34.3 Å². The Hall–Kier alpha value is -2.83. The lowest BCUT2D eigenvalue weighted by molar-refractivity contribution is -0.0399. The third-order valence-electron chi connectivity index (χ3n) is 9.94. The topological polar surface area (TPSA) is 0 Å². The predicted octanol–water partition coefficient (Wildman–Crippen LogP) is 9.40. The van der Waals surface area contributed by atoms with E-state index in [1.165, 1.54) is 59.9 Å². The van der Waals surface area contributed by atoms with Crippen molar-refractivity contribution in [3.63, 3.8) is 0 Å². The highest BCUT2D eigenvalue weighted by atomic mass is 35.5. The average molecular weight is 473 g/mol. The zero-order valence-electron chi connectivity index (χ0n) is 19.9. The van der Waals surface area contributed by atoms with Crippen LogP contribution in [0.1, 0.15) is 43.2 Å². The summed E-state index contributed by atoms with van der Waals surface area (Å²) in [5.74, 6) is 3.56. The number of hydrogen-bond acceptors (Lipinski definition) is 0. The maximum absolute atomic E-state index is 6.91. The first-order valence-corrected chi connectivity index (χ1v) is 13.7. The van der Waals surface area contributed by atoms with Gasteiger partial charge in [-0.3, -0.25) is 0 Å². The molecule has 0 aromatic heterocycles. The molecule has 0 saturated heterocycles. The van der Waals surface area contributed by atoms with E-state index < -0.39 is 0 Å². The smallest absolute Gasteiger partial charge is 0.0490 e. The number of fused-ring (bicyclic) bond motifs is 3. The Labute approximate surface area is 213 Å². The molecule has 172 valence electrons. The van der Waals surface area contributed by atoms with Gasteiger partial charge in [0.15, 0.2) is 0 Å². The second kappa shape index (κ2) is 7.34. The summed E-state index contributed by atoms with van der Waals surface area (Å²) in [4.78, 5) is 0. The van der Waals surface area contributed by atoms with Gasteiger partial charge in [0.25, 0.3) is 0 Å². The van der Waals surface area contributed by atoms with Crippen molar-refractivity contribution in [2.45, 2.75) is 37.5 Å². The molecule has 4 fully saturated rings. The normalized spacial score (nSPS) is 29.4. The van der Waals surface area contributed by atoms with Gasteiger partial charge in [0.05, 0.1) is 0 Å². The number of rotatable bonds is 2. The first kappa shape index (κ1) is 20.4. The Bertz CT molecular complexity index is 1440. The summed E-state index contributed by atoms with van der Waals surface area (Å²) in [6.07, 6.45) is 7.20. The van der Waals surface area contributed by atoms with Crippen molar-refractivity contribution >= 4 is 11.6 Å². The molecular weight excluding hydrogens is 444 g/mol. The molecule has 4 aromatic rings. The van der Waals surface area contributed by atoms with E-state index in [9.17, 15) is 0 Å². The molecule has 0 atom stereocenters. The van der Waals surface area contributed by atoms with Crippen LogP contribution in [0.2, 0.25) is 5.02 Å². The quantitative estimate of drug-likeness (QED) is 0.272. The second-order valence-electron chi connectivity index (χ2n) is 11.5. The second-order valence-corrected chi connectivity index (χ2v) is 11.9. The van der Waals surface area contributed by atoms with Gasteiger partial charge in [-0.2, -0.15) is 0 Å². The summed E-state index contributed by atoms with van der Waals surface area (Å²) in [6.45, 7) is 0. The minimum Gasteiger partial charge on any atom is -0.0836 e. The number of halogens is 1. The minimum absolute atomic E-state index is 0.235. The zero-order valence-corrected chi connectivity index (χ0v) is 20.6. The van der Waals surface area contributed by atoms with Crippen LogP contribution in [0, 0.1) is 23.7 Å². The Kier molecular flexibility index (Phi) is 4.27. The van der Waals surface area contributed by atoms with E-state index in [1.807, 2.05) is 0 Å². The summed E-state index contributed by atoms with van der Waals surface area (Å²) < 4.78 is 0. The molecule has 1 spiro atoms. The van der Waals surface area contributed by atoms with Gasteiger partial charge in [-0.05, 0) is 107 Å². The maximum atomic E-state index is 6.91. The van der Waals surface area contributed by atoms with Crippen molar-refractivity contribution in [2.24, 2.45) is 23.7 Å². The maximum Gasteiger partial charge on any atom is 0.0490 e. The molecular formula is C34H29Cl. The summed E-state index contributed by atoms with van der Waals surface area (Å²) in [6, 6.07) is 33.6. The minimum atomic E-state index is 0.235. The molecule has 5 aliphatic rings. The highest BCUT2D eigenvalue weighted by molar-refractivity contribution is 6.33. The number of hydrogen-bond donors (Lipinski definition) is 0. The van der Waals surface area contributed by atoms with Crippen LogP contribution in [0.5, 0.6) is 0 Å². The molecule has 0 nitrogen and oxygen atoms in total. The molecule has 5 aliphatic carbocycles. The van der Waals surface area contributed by atoms with Crippen molar-refractivity contribution in [1.29, 1.82) is 0 Å². The van der Waals surface area contributed by atoms with E-state index in [0.29, 0.717) is 0 Å². The van der Waals surface area contributed by atoms with Crippen molar-refractivity contribution < 1.29 is 0 Å². The van der Waals surface area contributed by atoms with E-state index >= 15 is 0 Å². The Morgan fingerprint density at radius 1 is 0.514 bits per heavy atom. The van der Waals surface area contributed by atoms with Gasteiger partial charge in [0, 0.05) is 16.0 Å². The largest absolute Gasteiger partial charge is 0.0836 e. The fraction of sp³-hybridized carbons (Fsp3) is 0.294. The molecule has 0 N–H and O–H groups in total. The first-order valence-electron chi connectivity index (χ1n) is 13.3. The van der Waals surface area contributed by atoms with Gasteiger partial charge in [-0.25, -0.2) is 0 Å². The Balaban J connectivity index is 1.27. The average Bonchev–Trinajstić information content (AvgIpc) is 3.18. The highest BCUT2D eigenvalue weighted by Gasteiger charge is 2.61. The zero-order chi connectivity index (χ0) is 23.1. The van der Waals surface area contributed by atoms with Crippen LogP contribution < -0.4 is 0 Å². The third kappa shape index (κ3) is 2.75.